The van der Waals surface area contributed by atoms with Gasteiger partial charge in [0.25, 0.3) is 5.69 Å². The molecule has 0 heterocycles. The minimum absolute atomic E-state index is 0.0222. The molecule has 2 aromatic rings. The van der Waals surface area contributed by atoms with Crippen LogP contribution in [0, 0.1) is 10.1 Å². The summed E-state index contributed by atoms with van der Waals surface area (Å²) in [6, 6.07) is 8.29. The van der Waals surface area contributed by atoms with Gasteiger partial charge in [-0.1, -0.05) is 6.07 Å². The number of rotatable bonds is 8. The summed E-state index contributed by atoms with van der Waals surface area (Å²) in [5.74, 6) is -0.776. The molecule has 0 spiro atoms. The SMILES string of the molecule is COc1cc(CN(C)c2ccc(C(N)=O)cc2[N+](=O)[O-])ccc1OC(F)F. The highest BCUT2D eigenvalue weighted by atomic mass is 19.3. The lowest BCUT2D eigenvalue weighted by molar-refractivity contribution is -0.384. The number of hydrogen-bond acceptors (Lipinski definition) is 6. The van der Waals surface area contributed by atoms with Crippen molar-refractivity contribution in [2.75, 3.05) is 19.1 Å². The predicted octanol–water partition coefficient (Wildman–Crippen LogP) is 2.94. The zero-order valence-corrected chi connectivity index (χ0v) is 14.5. The van der Waals surface area contributed by atoms with Crippen molar-refractivity contribution in [2.24, 2.45) is 5.73 Å². The fraction of sp³-hybridized carbons (Fsp3) is 0.235. The molecular weight excluding hydrogens is 364 g/mol. The zero-order valence-electron chi connectivity index (χ0n) is 14.5. The summed E-state index contributed by atoms with van der Waals surface area (Å²) in [4.78, 5) is 23.5. The zero-order chi connectivity index (χ0) is 20.1. The minimum Gasteiger partial charge on any atom is -0.493 e. The van der Waals surface area contributed by atoms with Gasteiger partial charge < -0.3 is 20.1 Å². The normalized spacial score (nSPS) is 10.6. The first-order valence-electron chi connectivity index (χ1n) is 7.64. The molecule has 8 nitrogen and oxygen atoms in total. The number of halogens is 2. The van der Waals surface area contributed by atoms with Crippen LogP contribution in [-0.2, 0) is 6.54 Å². The van der Waals surface area contributed by atoms with Crippen molar-refractivity contribution in [3.8, 4) is 11.5 Å². The van der Waals surface area contributed by atoms with E-state index in [4.69, 9.17) is 10.5 Å². The largest absolute Gasteiger partial charge is 0.493 e. The highest BCUT2D eigenvalue weighted by Crippen LogP contribution is 2.32. The van der Waals surface area contributed by atoms with Gasteiger partial charge in [0.05, 0.1) is 12.0 Å². The second-order valence-electron chi connectivity index (χ2n) is 5.54. The third-order valence-corrected chi connectivity index (χ3v) is 3.73. The number of alkyl halides is 2. The van der Waals surface area contributed by atoms with Crippen LogP contribution in [0.25, 0.3) is 0 Å². The molecule has 0 atom stereocenters. The first kappa shape index (κ1) is 19.9. The van der Waals surface area contributed by atoms with E-state index in [0.29, 0.717) is 5.56 Å². The van der Waals surface area contributed by atoms with Gasteiger partial charge in [-0.05, 0) is 29.8 Å². The Kier molecular flexibility index (Phi) is 6.11. The molecule has 0 saturated heterocycles. The summed E-state index contributed by atoms with van der Waals surface area (Å²) >= 11 is 0. The van der Waals surface area contributed by atoms with Crippen LogP contribution in [0.4, 0.5) is 20.2 Å². The maximum Gasteiger partial charge on any atom is 0.387 e. The van der Waals surface area contributed by atoms with E-state index < -0.39 is 17.4 Å². The quantitative estimate of drug-likeness (QED) is 0.556. The molecule has 0 aromatic heterocycles. The van der Waals surface area contributed by atoms with Crippen molar-refractivity contribution in [3.63, 3.8) is 0 Å². The number of nitro benzene ring substituents is 1. The number of primary amides is 1. The predicted molar refractivity (Wildman–Crippen MR) is 93.3 cm³/mol. The summed E-state index contributed by atoms with van der Waals surface area (Å²) in [7, 11) is 2.93. The Morgan fingerprint density at radius 3 is 2.52 bits per heavy atom. The van der Waals surface area contributed by atoms with E-state index in [0.717, 1.165) is 6.07 Å². The van der Waals surface area contributed by atoms with E-state index >= 15 is 0 Å². The standard InChI is InChI=1S/C17H17F2N3O5/c1-21(12-5-4-11(16(20)23)8-13(12)22(24)25)9-10-3-6-14(27-17(18)19)15(7-10)26-2/h3-8,17H,9H2,1-2H3,(H2,20,23). The number of methoxy groups -OCH3 is 1. The third-order valence-electron chi connectivity index (χ3n) is 3.73. The monoisotopic (exact) mass is 381 g/mol. The summed E-state index contributed by atoms with van der Waals surface area (Å²) < 4.78 is 34.2. The van der Waals surface area contributed by atoms with Crippen LogP contribution < -0.4 is 20.1 Å². The molecule has 2 N–H and O–H groups in total. The van der Waals surface area contributed by atoms with Crippen molar-refractivity contribution in [2.45, 2.75) is 13.2 Å². The molecule has 1 amide bonds. The number of amides is 1. The Morgan fingerprint density at radius 2 is 1.96 bits per heavy atom. The Bertz CT molecular complexity index is 860. The Balaban J connectivity index is 2.30. The Labute approximate surface area is 153 Å². The van der Waals surface area contributed by atoms with Crippen LogP contribution in [0.3, 0.4) is 0 Å². The molecule has 0 bridgehead atoms. The minimum atomic E-state index is -2.99. The van der Waals surface area contributed by atoms with Gasteiger partial charge in [0, 0.05) is 25.2 Å². The molecule has 0 radical (unpaired) electrons. The lowest BCUT2D eigenvalue weighted by Gasteiger charge is -2.20. The summed E-state index contributed by atoms with van der Waals surface area (Å²) in [5.41, 5.74) is 5.81. The topological polar surface area (TPSA) is 108 Å². The molecule has 0 saturated carbocycles. The lowest BCUT2D eigenvalue weighted by Crippen LogP contribution is -2.19. The molecule has 144 valence electrons. The van der Waals surface area contributed by atoms with Gasteiger partial charge in [0.2, 0.25) is 5.91 Å². The highest BCUT2D eigenvalue weighted by Gasteiger charge is 2.20. The number of ether oxygens (including phenoxy) is 2. The lowest BCUT2D eigenvalue weighted by atomic mass is 10.1. The summed E-state index contributed by atoms with van der Waals surface area (Å²) in [6.45, 7) is -2.78. The van der Waals surface area contributed by atoms with E-state index in [1.54, 1.807) is 18.0 Å². The summed E-state index contributed by atoms with van der Waals surface area (Å²) in [5, 5.41) is 11.3. The molecule has 0 fully saturated rings. The number of carbonyl (C=O) groups is 1. The molecule has 0 aliphatic carbocycles. The van der Waals surface area contributed by atoms with Gasteiger partial charge in [-0.2, -0.15) is 8.78 Å². The van der Waals surface area contributed by atoms with E-state index in [1.807, 2.05) is 0 Å². The van der Waals surface area contributed by atoms with Crippen LogP contribution in [-0.4, -0.2) is 31.6 Å². The number of hydrogen-bond donors (Lipinski definition) is 1. The van der Waals surface area contributed by atoms with Crippen LogP contribution >= 0.6 is 0 Å². The maximum atomic E-state index is 12.4. The smallest absolute Gasteiger partial charge is 0.387 e. The molecule has 2 aromatic carbocycles. The van der Waals surface area contributed by atoms with E-state index in [-0.39, 0.29) is 35.0 Å². The van der Waals surface area contributed by atoms with Crippen LogP contribution in [0.5, 0.6) is 11.5 Å². The number of carbonyl (C=O) groups excluding carboxylic acids is 1. The Morgan fingerprint density at radius 1 is 1.26 bits per heavy atom. The second kappa shape index (κ2) is 8.30. The van der Waals surface area contributed by atoms with Gasteiger partial charge in [-0.15, -0.1) is 0 Å². The van der Waals surface area contributed by atoms with E-state index in [2.05, 4.69) is 4.74 Å². The fourth-order valence-corrected chi connectivity index (χ4v) is 2.51. The molecule has 27 heavy (non-hydrogen) atoms. The van der Waals surface area contributed by atoms with Gasteiger partial charge >= 0.3 is 6.61 Å². The first-order valence-corrected chi connectivity index (χ1v) is 7.64. The molecule has 2 rings (SSSR count). The van der Waals surface area contributed by atoms with Crippen molar-refractivity contribution in [1.29, 1.82) is 0 Å². The average Bonchev–Trinajstić information content (AvgIpc) is 2.61. The van der Waals surface area contributed by atoms with E-state index in [1.165, 1.54) is 31.4 Å². The van der Waals surface area contributed by atoms with Crippen molar-refractivity contribution < 1.29 is 28.0 Å². The molecule has 0 aliphatic rings. The Hall–Kier alpha value is -3.43. The molecule has 10 heteroatoms. The molecular formula is C17H17F2N3O5. The average molecular weight is 381 g/mol. The van der Waals surface area contributed by atoms with Crippen LogP contribution in [0.15, 0.2) is 36.4 Å². The van der Waals surface area contributed by atoms with E-state index in [9.17, 15) is 23.7 Å². The van der Waals surface area contributed by atoms with Gasteiger partial charge in [0.15, 0.2) is 11.5 Å². The van der Waals surface area contributed by atoms with Gasteiger partial charge in [-0.3, -0.25) is 14.9 Å². The van der Waals surface area contributed by atoms with Crippen LogP contribution in [0.2, 0.25) is 0 Å². The summed E-state index contributed by atoms with van der Waals surface area (Å²) in [6.07, 6.45) is 0. The van der Waals surface area contributed by atoms with Gasteiger partial charge in [-0.25, -0.2) is 0 Å². The fourth-order valence-electron chi connectivity index (χ4n) is 2.51. The number of nitrogens with two attached hydrogens (primary N) is 1. The van der Waals surface area contributed by atoms with Crippen molar-refractivity contribution >= 4 is 17.3 Å². The van der Waals surface area contributed by atoms with Crippen molar-refractivity contribution in [3.05, 3.63) is 57.6 Å². The molecule has 0 unspecified atom stereocenters. The van der Waals surface area contributed by atoms with Crippen LogP contribution in [0.1, 0.15) is 15.9 Å². The van der Waals surface area contributed by atoms with Gasteiger partial charge in [0.1, 0.15) is 5.69 Å². The number of nitrogens with zero attached hydrogens (tertiary/aromatic N) is 2. The first-order chi connectivity index (χ1) is 12.7. The van der Waals surface area contributed by atoms with Crippen molar-refractivity contribution in [1.82, 2.24) is 0 Å². The number of nitro groups is 1. The number of benzene rings is 2. The number of anilines is 1. The second-order valence-corrected chi connectivity index (χ2v) is 5.54. The maximum absolute atomic E-state index is 12.4. The highest BCUT2D eigenvalue weighted by molar-refractivity contribution is 5.94. The molecule has 0 aliphatic heterocycles. The third kappa shape index (κ3) is 4.81.